The standard InChI is InChI=1S/C27H30FN7O2/c1-5-26(37)30-22-16-21(19(17-36)14-24(22)34(4)13-12-33(2)3)31-27-29-10-8-25(32-27)35-11-9-18-6-7-20(28)15-23(18)35/h5-11,14-16,36H,1,12-13,17H2,2-4H3,(H,30,37)(H,29,31,32). The number of halogens is 1. The molecule has 2 aromatic carbocycles. The highest BCUT2D eigenvalue weighted by atomic mass is 19.1. The van der Waals surface area contributed by atoms with E-state index >= 15 is 0 Å². The van der Waals surface area contributed by atoms with E-state index in [1.54, 1.807) is 29.0 Å². The van der Waals surface area contributed by atoms with Crippen LogP contribution in [0.25, 0.3) is 16.7 Å². The predicted octanol–water partition coefficient (Wildman–Crippen LogP) is 3.92. The summed E-state index contributed by atoms with van der Waals surface area (Å²) in [5.41, 5.74) is 3.12. The number of likely N-dealkylation sites (N-methyl/N-ethyl adjacent to an activating group) is 2. The zero-order valence-corrected chi connectivity index (χ0v) is 21.1. The van der Waals surface area contributed by atoms with Crippen molar-refractivity contribution in [1.29, 1.82) is 0 Å². The number of nitrogens with one attached hydrogen (secondary N) is 2. The number of amides is 1. The highest BCUT2D eigenvalue weighted by molar-refractivity contribution is 6.02. The Balaban J connectivity index is 1.70. The van der Waals surface area contributed by atoms with E-state index in [1.807, 2.05) is 44.4 Å². The van der Waals surface area contributed by atoms with Crippen molar-refractivity contribution in [3.05, 3.63) is 78.9 Å². The van der Waals surface area contributed by atoms with E-state index in [0.717, 1.165) is 17.6 Å². The maximum Gasteiger partial charge on any atom is 0.247 e. The number of benzene rings is 2. The van der Waals surface area contributed by atoms with Crippen molar-refractivity contribution in [3.8, 4) is 5.82 Å². The molecule has 0 spiro atoms. The molecule has 0 aliphatic carbocycles. The topological polar surface area (TPSA) is 98.5 Å². The van der Waals surface area contributed by atoms with Crippen LogP contribution in [0.1, 0.15) is 5.56 Å². The van der Waals surface area contributed by atoms with E-state index < -0.39 is 0 Å². The molecule has 37 heavy (non-hydrogen) atoms. The number of aromatic nitrogens is 3. The number of rotatable bonds is 10. The minimum atomic E-state index is -0.352. The molecule has 0 aliphatic rings. The molecule has 4 rings (SSSR count). The number of hydrogen-bond acceptors (Lipinski definition) is 7. The van der Waals surface area contributed by atoms with Crippen molar-refractivity contribution < 1.29 is 14.3 Å². The molecule has 2 heterocycles. The summed E-state index contributed by atoms with van der Waals surface area (Å²) < 4.78 is 15.6. The monoisotopic (exact) mass is 503 g/mol. The van der Waals surface area contributed by atoms with Gasteiger partial charge in [-0.3, -0.25) is 4.79 Å². The number of anilines is 4. The molecule has 0 bridgehead atoms. The molecule has 192 valence electrons. The molecule has 2 aromatic heterocycles. The summed E-state index contributed by atoms with van der Waals surface area (Å²) in [6.07, 6.45) is 4.61. The molecule has 0 saturated carbocycles. The number of hydrogen-bond donors (Lipinski definition) is 3. The van der Waals surface area contributed by atoms with Gasteiger partial charge in [0, 0.05) is 49.2 Å². The van der Waals surface area contributed by atoms with Gasteiger partial charge in [0.05, 0.1) is 23.5 Å². The summed E-state index contributed by atoms with van der Waals surface area (Å²) in [7, 11) is 5.90. The quantitative estimate of drug-likeness (QED) is 0.282. The lowest BCUT2D eigenvalue weighted by molar-refractivity contribution is -0.111. The van der Waals surface area contributed by atoms with Crippen molar-refractivity contribution in [2.75, 3.05) is 49.8 Å². The van der Waals surface area contributed by atoms with Gasteiger partial charge in [0.2, 0.25) is 11.9 Å². The van der Waals surface area contributed by atoms with Crippen LogP contribution in [-0.2, 0) is 11.4 Å². The van der Waals surface area contributed by atoms with Gasteiger partial charge in [0.1, 0.15) is 11.6 Å². The molecule has 0 saturated heterocycles. The molecule has 4 aromatic rings. The molecule has 0 radical (unpaired) electrons. The minimum Gasteiger partial charge on any atom is -0.392 e. The minimum absolute atomic E-state index is 0.242. The first-order valence-corrected chi connectivity index (χ1v) is 11.7. The number of carbonyl (C=O) groups excluding carboxylic acids is 1. The summed E-state index contributed by atoms with van der Waals surface area (Å²) in [5, 5.41) is 17.0. The molecule has 3 N–H and O–H groups in total. The molecule has 0 fully saturated rings. The van der Waals surface area contributed by atoms with Crippen LogP contribution in [0.5, 0.6) is 0 Å². The molecule has 9 nitrogen and oxygen atoms in total. The van der Waals surface area contributed by atoms with Crippen molar-refractivity contribution in [2.45, 2.75) is 6.61 Å². The maximum absolute atomic E-state index is 13.9. The van der Waals surface area contributed by atoms with Gasteiger partial charge in [0.15, 0.2) is 0 Å². The molecular formula is C27H30FN7O2. The van der Waals surface area contributed by atoms with Crippen LogP contribution in [0.2, 0.25) is 0 Å². The SMILES string of the molecule is C=CC(=O)Nc1cc(Nc2nccc(-n3ccc4ccc(F)cc43)n2)c(CO)cc1N(C)CCN(C)C. The fourth-order valence-corrected chi connectivity index (χ4v) is 3.91. The highest BCUT2D eigenvalue weighted by Crippen LogP contribution is 2.33. The van der Waals surface area contributed by atoms with Gasteiger partial charge in [-0.1, -0.05) is 6.58 Å². The van der Waals surface area contributed by atoms with Gasteiger partial charge in [0.25, 0.3) is 0 Å². The third-order valence-electron chi connectivity index (χ3n) is 5.92. The van der Waals surface area contributed by atoms with Crippen molar-refractivity contribution in [3.63, 3.8) is 0 Å². The molecule has 0 atom stereocenters. The molecule has 0 unspecified atom stereocenters. The molecule has 0 aliphatic heterocycles. The van der Waals surface area contributed by atoms with Crippen molar-refractivity contribution in [2.24, 2.45) is 0 Å². The van der Waals surface area contributed by atoms with Crippen LogP contribution < -0.4 is 15.5 Å². The largest absolute Gasteiger partial charge is 0.392 e. The maximum atomic E-state index is 13.9. The molecule has 1 amide bonds. The Kier molecular flexibility index (Phi) is 7.80. The molecular weight excluding hydrogens is 473 g/mol. The lowest BCUT2D eigenvalue weighted by Gasteiger charge is -2.26. The fourth-order valence-electron chi connectivity index (χ4n) is 3.91. The second-order valence-corrected chi connectivity index (χ2v) is 8.86. The Morgan fingerprint density at radius 1 is 1.14 bits per heavy atom. The summed E-state index contributed by atoms with van der Waals surface area (Å²) in [4.78, 5) is 25.2. The Hall–Kier alpha value is -4.28. The van der Waals surface area contributed by atoms with E-state index in [1.165, 1.54) is 18.2 Å². The van der Waals surface area contributed by atoms with Crippen molar-refractivity contribution in [1.82, 2.24) is 19.4 Å². The van der Waals surface area contributed by atoms with Gasteiger partial charge in [-0.2, -0.15) is 4.98 Å². The lowest BCUT2D eigenvalue weighted by Crippen LogP contribution is -2.29. The lowest BCUT2D eigenvalue weighted by atomic mass is 10.1. The number of fused-ring (bicyclic) bond motifs is 1. The van der Waals surface area contributed by atoms with Crippen LogP contribution in [0, 0.1) is 5.82 Å². The summed E-state index contributed by atoms with van der Waals surface area (Å²) in [6, 6.07) is 11.8. The summed E-state index contributed by atoms with van der Waals surface area (Å²) in [5.74, 6) is 0.135. The zero-order valence-electron chi connectivity index (χ0n) is 21.1. The second kappa shape index (κ2) is 11.2. The van der Waals surface area contributed by atoms with E-state index in [4.69, 9.17) is 0 Å². The summed E-state index contributed by atoms with van der Waals surface area (Å²) in [6.45, 7) is 4.81. The van der Waals surface area contributed by atoms with Crippen LogP contribution >= 0.6 is 0 Å². The van der Waals surface area contributed by atoms with E-state index in [-0.39, 0.29) is 24.3 Å². The Bertz CT molecular complexity index is 1430. The van der Waals surface area contributed by atoms with Crippen LogP contribution in [-0.4, -0.2) is 64.7 Å². The average molecular weight is 504 g/mol. The normalized spacial score (nSPS) is 11.1. The van der Waals surface area contributed by atoms with Gasteiger partial charge in [-0.15, -0.1) is 0 Å². The first kappa shape index (κ1) is 25.8. The first-order chi connectivity index (χ1) is 17.8. The second-order valence-electron chi connectivity index (χ2n) is 8.86. The third-order valence-corrected chi connectivity index (χ3v) is 5.92. The fraction of sp³-hybridized carbons (Fsp3) is 0.222. The van der Waals surface area contributed by atoms with Crippen LogP contribution in [0.3, 0.4) is 0 Å². The van der Waals surface area contributed by atoms with E-state index in [9.17, 15) is 14.3 Å². The predicted molar refractivity (Wildman–Crippen MR) is 145 cm³/mol. The third kappa shape index (κ3) is 5.93. The van der Waals surface area contributed by atoms with Gasteiger partial charge >= 0.3 is 0 Å². The number of aliphatic hydroxyl groups excluding tert-OH is 1. The van der Waals surface area contributed by atoms with Gasteiger partial charge in [-0.25, -0.2) is 9.37 Å². The smallest absolute Gasteiger partial charge is 0.247 e. The Labute approximate surface area is 214 Å². The summed E-state index contributed by atoms with van der Waals surface area (Å²) >= 11 is 0. The Morgan fingerprint density at radius 3 is 2.68 bits per heavy atom. The Morgan fingerprint density at radius 2 is 1.95 bits per heavy atom. The van der Waals surface area contributed by atoms with Crippen molar-refractivity contribution >= 4 is 39.8 Å². The molecule has 10 heteroatoms. The van der Waals surface area contributed by atoms with E-state index in [2.05, 4.69) is 32.1 Å². The number of nitrogens with zero attached hydrogens (tertiary/aromatic N) is 5. The van der Waals surface area contributed by atoms with Gasteiger partial charge < -0.3 is 30.1 Å². The highest BCUT2D eigenvalue weighted by Gasteiger charge is 2.16. The number of aliphatic hydroxyl groups is 1. The van der Waals surface area contributed by atoms with Gasteiger partial charge in [-0.05, 0) is 62.6 Å². The zero-order chi connectivity index (χ0) is 26.5. The number of carbonyl (C=O) groups is 1. The average Bonchev–Trinajstić information content (AvgIpc) is 3.30. The van der Waals surface area contributed by atoms with E-state index in [0.29, 0.717) is 34.8 Å². The van der Waals surface area contributed by atoms with Crippen LogP contribution in [0.15, 0.2) is 67.5 Å². The first-order valence-electron chi connectivity index (χ1n) is 11.7. The van der Waals surface area contributed by atoms with Crippen LogP contribution in [0.4, 0.5) is 27.4 Å².